The molecule has 2 aliphatic heterocycles. The van der Waals surface area contributed by atoms with Crippen molar-refractivity contribution >= 4 is 24.4 Å². The third-order valence-corrected chi connectivity index (χ3v) is 9.51. The van der Waals surface area contributed by atoms with Gasteiger partial charge in [-0.2, -0.15) is 0 Å². The molecule has 198 valence electrons. The second kappa shape index (κ2) is 8.48. The van der Waals surface area contributed by atoms with Gasteiger partial charge < -0.3 is 24.3 Å². The van der Waals surface area contributed by atoms with E-state index in [2.05, 4.69) is 4.90 Å². The Hall–Kier alpha value is -2.55. The maximum absolute atomic E-state index is 16.7. The monoisotopic (exact) mass is 530 g/mol. The van der Waals surface area contributed by atoms with Gasteiger partial charge in [-0.3, -0.25) is 9.69 Å². The van der Waals surface area contributed by atoms with Gasteiger partial charge >= 0.3 is 0 Å². The van der Waals surface area contributed by atoms with E-state index in [9.17, 15) is 15.0 Å². The zero-order valence-electron chi connectivity index (χ0n) is 20.7. The van der Waals surface area contributed by atoms with Crippen LogP contribution in [-0.4, -0.2) is 76.0 Å². The molecule has 0 unspecified atom stereocenters. The molecule has 6 atom stereocenters. The number of ether oxygens (including phenoxy) is 1. The fourth-order valence-electron chi connectivity index (χ4n) is 7.67. The number of halogens is 2. The Labute approximate surface area is 221 Å². The number of carbonyl (C=O) groups excluding carboxylic acids is 1. The van der Waals surface area contributed by atoms with Crippen molar-refractivity contribution < 1.29 is 28.6 Å². The lowest BCUT2D eigenvalue weighted by molar-refractivity contribution is -0.223. The van der Waals surface area contributed by atoms with Crippen LogP contribution in [0.1, 0.15) is 42.4 Å². The SMILES string of the molecule is CN(C(=O)/C=C/c1ccoc1)[C@@H]1CC[C@@]2(O)[C@H]3Cc4ccc(O)c5c4[C@@]2([C@@H](F)CN3CC2CC2)[C@H]1O5.Cl. The van der Waals surface area contributed by atoms with E-state index < -0.39 is 29.3 Å². The molecular weight excluding hydrogens is 499 g/mol. The van der Waals surface area contributed by atoms with Crippen molar-refractivity contribution in [2.75, 3.05) is 20.1 Å². The molecule has 2 aromatic rings. The first kappa shape index (κ1) is 24.8. The second-order valence-corrected chi connectivity index (χ2v) is 11.3. The summed E-state index contributed by atoms with van der Waals surface area (Å²) in [4.78, 5) is 17.0. The van der Waals surface area contributed by atoms with E-state index in [0.29, 0.717) is 30.7 Å². The number of aliphatic hydroxyl groups is 1. The average Bonchev–Trinajstić information content (AvgIpc) is 3.36. The lowest BCUT2D eigenvalue weighted by Crippen LogP contribution is -2.82. The van der Waals surface area contributed by atoms with Crippen molar-refractivity contribution in [1.82, 2.24) is 9.80 Å². The fourth-order valence-corrected chi connectivity index (χ4v) is 7.67. The highest BCUT2D eigenvalue weighted by Crippen LogP contribution is 2.66. The summed E-state index contributed by atoms with van der Waals surface area (Å²) in [7, 11) is 1.70. The molecule has 2 saturated carbocycles. The second-order valence-electron chi connectivity index (χ2n) is 11.3. The van der Waals surface area contributed by atoms with Gasteiger partial charge in [-0.1, -0.05) is 6.07 Å². The van der Waals surface area contributed by atoms with Crippen LogP contribution in [0, 0.1) is 5.92 Å². The minimum absolute atomic E-state index is 0. The highest BCUT2D eigenvalue weighted by atomic mass is 35.5. The summed E-state index contributed by atoms with van der Waals surface area (Å²) in [5.41, 5.74) is -0.356. The minimum atomic E-state index is -1.39. The van der Waals surface area contributed by atoms with Gasteiger partial charge in [-0.05, 0) is 61.8 Å². The van der Waals surface area contributed by atoms with Crippen molar-refractivity contribution in [1.29, 1.82) is 0 Å². The summed E-state index contributed by atoms with van der Waals surface area (Å²) in [5, 5.41) is 23.2. The molecule has 3 heterocycles. The number of aromatic hydroxyl groups is 1. The van der Waals surface area contributed by atoms with Crippen molar-refractivity contribution in [3.8, 4) is 11.5 Å². The average molecular weight is 531 g/mol. The first-order valence-corrected chi connectivity index (χ1v) is 12.9. The van der Waals surface area contributed by atoms with E-state index in [4.69, 9.17) is 9.15 Å². The third kappa shape index (κ3) is 3.28. The first-order chi connectivity index (χ1) is 17.3. The normalized spacial score (nSPS) is 35.5. The summed E-state index contributed by atoms with van der Waals surface area (Å²) in [5.74, 6) is 0.568. The third-order valence-electron chi connectivity index (χ3n) is 9.51. The van der Waals surface area contributed by atoms with E-state index in [1.165, 1.54) is 6.08 Å². The van der Waals surface area contributed by atoms with E-state index in [-0.39, 0.29) is 42.4 Å². The Balaban J connectivity index is 0.00000252. The van der Waals surface area contributed by atoms with E-state index in [1.54, 1.807) is 42.7 Å². The Kier molecular flexibility index (Phi) is 5.68. The molecule has 1 spiro atoms. The number of benzene rings is 1. The van der Waals surface area contributed by atoms with Crippen LogP contribution in [0.15, 0.2) is 41.2 Å². The van der Waals surface area contributed by atoms with Crippen LogP contribution < -0.4 is 4.74 Å². The predicted octanol–water partition coefficient (Wildman–Crippen LogP) is 3.46. The molecule has 9 heteroatoms. The number of phenols is 1. The molecule has 7 nitrogen and oxygen atoms in total. The Morgan fingerprint density at radius 1 is 1.30 bits per heavy atom. The molecule has 2 N–H and O–H groups in total. The number of amides is 1. The number of carbonyl (C=O) groups is 1. The molecular formula is C28H32ClFN2O5. The first-order valence-electron chi connectivity index (χ1n) is 12.9. The molecule has 2 bridgehead atoms. The molecule has 1 aromatic heterocycles. The number of furan rings is 1. The van der Waals surface area contributed by atoms with Crippen LogP contribution in [0.4, 0.5) is 4.39 Å². The van der Waals surface area contributed by atoms with Crippen molar-refractivity contribution in [3.63, 3.8) is 0 Å². The molecule has 1 amide bonds. The van der Waals surface area contributed by atoms with Crippen molar-refractivity contribution in [3.05, 3.63) is 53.5 Å². The van der Waals surface area contributed by atoms with E-state index >= 15 is 4.39 Å². The Bertz CT molecular complexity index is 1250. The number of nitrogens with zero attached hydrogens (tertiary/aromatic N) is 2. The van der Waals surface area contributed by atoms with Crippen LogP contribution in [0.25, 0.3) is 6.08 Å². The summed E-state index contributed by atoms with van der Waals surface area (Å²) >= 11 is 0. The standard InChI is InChI=1S/C28H31FN2O5.ClH/c1-30(23(33)7-4-17-9-11-35-15-17)19-8-10-27(34)22-12-18-5-6-20(32)25-24(18)28(27,26(19)36-25)21(29)14-31(22)13-16-2-3-16;/h4-7,9,11,15-16,19,21-22,26,32,34H,2-3,8,10,12-14H2,1H3;1H/b7-4+;/t19-,21+,22-,26+,27-,28+;/m1./s1. The fraction of sp³-hybridized carbons (Fsp3) is 0.536. The van der Waals surface area contributed by atoms with Gasteiger partial charge in [-0.25, -0.2) is 4.39 Å². The van der Waals surface area contributed by atoms with Gasteiger partial charge in [0.1, 0.15) is 17.7 Å². The van der Waals surface area contributed by atoms with E-state index in [0.717, 1.165) is 30.5 Å². The maximum atomic E-state index is 16.7. The lowest BCUT2D eigenvalue weighted by Gasteiger charge is -2.65. The zero-order chi connectivity index (χ0) is 24.8. The summed E-state index contributed by atoms with van der Waals surface area (Å²) < 4.78 is 28.2. The van der Waals surface area contributed by atoms with Crippen LogP contribution in [0.2, 0.25) is 0 Å². The van der Waals surface area contributed by atoms with Gasteiger partial charge in [0.05, 0.1) is 24.2 Å². The molecule has 3 fully saturated rings. The highest BCUT2D eigenvalue weighted by molar-refractivity contribution is 5.92. The van der Waals surface area contributed by atoms with Crippen LogP contribution >= 0.6 is 12.4 Å². The quantitative estimate of drug-likeness (QED) is 0.576. The number of hydrogen-bond donors (Lipinski definition) is 2. The molecule has 0 radical (unpaired) electrons. The molecule has 1 aromatic carbocycles. The van der Waals surface area contributed by atoms with Gasteiger partial charge in [0.15, 0.2) is 11.5 Å². The number of phenolic OH excluding ortho intramolecular Hbond substituents is 1. The van der Waals surface area contributed by atoms with Crippen LogP contribution in [0.5, 0.6) is 11.5 Å². The number of rotatable bonds is 5. The predicted molar refractivity (Wildman–Crippen MR) is 137 cm³/mol. The number of hydrogen-bond acceptors (Lipinski definition) is 6. The van der Waals surface area contributed by atoms with Gasteiger partial charge in [0.2, 0.25) is 5.91 Å². The number of likely N-dealkylation sites (tertiary alicyclic amines) is 1. The number of likely N-dealkylation sites (N-methyl/N-ethyl adjacent to an activating group) is 1. The van der Waals surface area contributed by atoms with Crippen LogP contribution in [0.3, 0.4) is 0 Å². The van der Waals surface area contributed by atoms with Gasteiger partial charge in [-0.15, -0.1) is 12.4 Å². The summed E-state index contributed by atoms with van der Waals surface area (Å²) in [6.45, 7) is 1.03. The molecule has 3 aliphatic carbocycles. The zero-order valence-corrected chi connectivity index (χ0v) is 21.5. The number of alkyl halides is 1. The van der Waals surface area contributed by atoms with Crippen LogP contribution in [-0.2, 0) is 16.6 Å². The largest absolute Gasteiger partial charge is 0.504 e. The smallest absolute Gasteiger partial charge is 0.246 e. The van der Waals surface area contributed by atoms with Crippen molar-refractivity contribution in [2.45, 2.75) is 67.5 Å². The van der Waals surface area contributed by atoms with E-state index in [1.807, 2.05) is 6.07 Å². The maximum Gasteiger partial charge on any atom is 0.246 e. The minimum Gasteiger partial charge on any atom is -0.504 e. The Morgan fingerprint density at radius 3 is 2.84 bits per heavy atom. The topological polar surface area (TPSA) is 86.4 Å². The van der Waals surface area contributed by atoms with Gasteiger partial charge in [0, 0.05) is 43.4 Å². The molecule has 5 aliphatic rings. The summed E-state index contributed by atoms with van der Waals surface area (Å²) in [6.07, 6.45) is 7.82. The molecule has 1 saturated heterocycles. The lowest BCUT2D eigenvalue weighted by atomic mass is 9.47. The molecule has 37 heavy (non-hydrogen) atoms. The molecule has 7 rings (SSSR count). The van der Waals surface area contributed by atoms with Gasteiger partial charge in [0.25, 0.3) is 0 Å². The summed E-state index contributed by atoms with van der Waals surface area (Å²) in [6, 6.07) is 4.54. The Morgan fingerprint density at radius 2 is 2.11 bits per heavy atom. The van der Waals surface area contributed by atoms with Crippen molar-refractivity contribution in [2.24, 2.45) is 5.92 Å². The number of piperidine rings is 1. The highest BCUT2D eigenvalue weighted by Gasteiger charge is 2.77.